The van der Waals surface area contributed by atoms with Gasteiger partial charge in [-0.2, -0.15) is 5.10 Å². The maximum atomic E-state index is 14.5. The maximum Gasteiger partial charge on any atom is 0.404 e. The van der Waals surface area contributed by atoms with Crippen molar-refractivity contribution in [2.75, 3.05) is 18.0 Å². The molecule has 2 aromatic heterocycles. The lowest BCUT2D eigenvalue weighted by molar-refractivity contribution is 0.112. The molecular weight excluding hydrogens is 441 g/mol. The molecule has 3 heterocycles. The van der Waals surface area contributed by atoms with Crippen molar-refractivity contribution in [2.45, 2.75) is 44.8 Å². The predicted molar refractivity (Wildman–Crippen MR) is 122 cm³/mol. The van der Waals surface area contributed by atoms with Gasteiger partial charge in [-0.1, -0.05) is 12.8 Å². The summed E-state index contributed by atoms with van der Waals surface area (Å²) in [7, 11) is 0. The number of amides is 1. The first-order valence-corrected chi connectivity index (χ1v) is 11.4. The van der Waals surface area contributed by atoms with Gasteiger partial charge in [-0.3, -0.25) is 4.79 Å². The minimum absolute atomic E-state index is 0.112. The van der Waals surface area contributed by atoms with E-state index in [1.165, 1.54) is 18.3 Å². The first kappa shape index (κ1) is 22.1. The van der Waals surface area contributed by atoms with Gasteiger partial charge in [0.15, 0.2) is 11.9 Å². The number of carbonyl (C=O) groups excluding carboxylic acids is 1. The van der Waals surface area contributed by atoms with Crippen LogP contribution in [0.3, 0.4) is 0 Å². The Balaban J connectivity index is 1.52. The van der Waals surface area contributed by atoms with Gasteiger partial charge in [-0.25, -0.2) is 18.7 Å². The number of aromatic nitrogens is 3. The lowest BCUT2D eigenvalue weighted by atomic mass is 9.98. The summed E-state index contributed by atoms with van der Waals surface area (Å²) < 4.78 is 22.2. The van der Waals surface area contributed by atoms with Gasteiger partial charge in [0.2, 0.25) is 0 Å². The van der Waals surface area contributed by atoms with Gasteiger partial charge in [0.25, 0.3) is 0 Å². The smallest absolute Gasteiger partial charge is 0.404 e. The zero-order valence-corrected chi connectivity index (χ0v) is 18.8. The van der Waals surface area contributed by atoms with Gasteiger partial charge < -0.3 is 20.1 Å². The number of carboxylic acid groups (broad SMARTS) is 1. The number of nitrogens with zero attached hydrogens (tertiary/aromatic N) is 4. The third-order valence-electron chi connectivity index (χ3n) is 6.42. The van der Waals surface area contributed by atoms with Crippen LogP contribution in [-0.4, -0.2) is 51.3 Å². The molecule has 1 fully saturated rings. The Kier molecular flexibility index (Phi) is 5.80. The van der Waals surface area contributed by atoms with Crippen molar-refractivity contribution >= 4 is 23.8 Å². The number of hydrogen-bond donors (Lipinski definition) is 2. The Bertz CT molecular complexity index is 1240. The standard InChI is InChI=1S/C24H26FN5O4/c1-14(10-26-24(32)33)34-21-5-4-18(25)9-19(21)20(8-15-2-3-15)29-7-6-16-12-30-23(28-22(16)29)17(13-31)11-27-30/h4-5,9,11-15,20,26H,2-3,6-8,10H2,1H3,(H,32,33). The number of rotatable bonds is 9. The van der Waals surface area contributed by atoms with E-state index in [9.17, 15) is 14.0 Å². The van der Waals surface area contributed by atoms with Crippen molar-refractivity contribution in [2.24, 2.45) is 5.92 Å². The Morgan fingerprint density at radius 2 is 2.24 bits per heavy atom. The molecule has 0 spiro atoms. The van der Waals surface area contributed by atoms with Crippen LogP contribution in [-0.2, 0) is 6.42 Å². The highest BCUT2D eigenvalue weighted by Gasteiger charge is 2.36. The summed E-state index contributed by atoms with van der Waals surface area (Å²) >= 11 is 0. The highest BCUT2D eigenvalue weighted by Crippen LogP contribution is 2.45. The number of benzene rings is 1. The molecule has 5 rings (SSSR count). The molecule has 1 aliphatic heterocycles. The van der Waals surface area contributed by atoms with E-state index in [2.05, 4.69) is 15.3 Å². The number of hydrogen-bond acceptors (Lipinski definition) is 6. The largest absolute Gasteiger partial charge is 0.489 e. The number of halogens is 1. The van der Waals surface area contributed by atoms with E-state index in [1.54, 1.807) is 17.5 Å². The fourth-order valence-electron chi connectivity index (χ4n) is 4.58. The van der Waals surface area contributed by atoms with Gasteiger partial charge >= 0.3 is 6.09 Å². The zero-order chi connectivity index (χ0) is 23.8. The molecule has 3 aromatic rings. The molecule has 178 valence electrons. The normalized spacial score (nSPS) is 16.8. The van der Waals surface area contributed by atoms with E-state index in [-0.39, 0.29) is 18.4 Å². The molecule has 0 radical (unpaired) electrons. The first-order valence-electron chi connectivity index (χ1n) is 11.4. The second kappa shape index (κ2) is 8.92. The van der Waals surface area contributed by atoms with E-state index in [4.69, 9.17) is 14.8 Å². The Morgan fingerprint density at radius 3 is 2.97 bits per heavy atom. The monoisotopic (exact) mass is 467 g/mol. The zero-order valence-electron chi connectivity index (χ0n) is 18.8. The van der Waals surface area contributed by atoms with Crippen LogP contribution in [0.4, 0.5) is 15.0 Å². The van der Waals surface area contributed by atoms with Crippen LogP contribution in [0.15, 0.2) is 30.6 Å². The second-order valence-corrected chi connectivity index (χ2v) is 9.01. The molecular formula is C24H26FN5O4. The summed E-state index contributed by atoms with van der Waals surface area (Å²) in [5, 5.41) is 15.4. The minimum atomic E-state index is -1.12. The number of fused-ring (bicyclic) bond motifs is 2. The molecule has 10 heteroatoms. The third kappa shape index (κ3) is 4.40. The number of ether oxygens (including phenoxy) is 1. The molecule has 0 saturated heterocycles. The molecule has 9 nitrogen and oxygen atoms in total. The van der Waals surface area contributed by atoms with Crippen LogP contribution in [0, 0.1) is 11.7 Å². The molecule has 34 heavy (non-hydrogen) atoms. The predicted octanol–water partition coefficient (Wildman–Crippen LogP) is 3.62. The third-order valence-corrected chi connectivity index (χ3v) is 6.42. The Morgan fingerprint density at radius 1 is 1.41 bits per heavy atom. The maximum absolute atomic E-state index is 14.5. The highest BCUT2D eigenvalue weighted by atomic mass is 19.1. The molecule has 1 aromatic carbocycles. The van der Waals surface area contributed by atoms with E-state index in [0.717, 1.165) is 43.4 Å². The van der Waals surface area contributed by atoms with E-state index in [0.29, 0.717) is 35.0 Å². The summed E-state index contributed by atoms with van der Waals surface area (Å²) in [4.78, 5) is 29.3. The van der Waals surface area contributed by atoms with Gasteiger partial charge in [-0.05, 0) is 43.9 Å². The fraction of sp³-hybridized carbons (Fsp3) is 0.417. The van der Waals surface area contributed by atoms with Crippen molar-refractivity contribution in [3.63, 3.8) is 0 Å². The average Bonchev–Trinajstić information content (AvgIpc) is 3.41. The molecule has 2 atom stereocenters. The molecule has 0 bridgehead atoms. The van der Waals surface area contributed by atoms with Crippen molar-refractivity contribution in [3.05, 3.63) is 53.1 Å². The minimum Gasteiger partial charge on any atom is -0.489 e. The highest BCUT2D eigenvalue weighted by molar-refractivity contribution is 5.84. The van der Waals surface area contributed by atoms with E-state index < -0.39 is 12.2 Å². The Labute approximate surface area is 195 Å². The van der Waals surface area contributed by atoms with Crippen LogP contribution in [0.1, 0.15) is 53.7 Å². The molecule has 1 amide bonds. The first-order chi connectivity index (χ1) is 16.4. The van der Waals surface area contributed by atoms with Crippen LogP contribution >= 0.6 is 0 Å². The van der Waals surface area contributed by atoms with Crippen molar-refractivity contribution < 1.29 is 23.8 Å². The van der Waals surface area contributed by atoms with Gasteiger partial charge in [0, 0.05) is 23.9 Å². The topological polar surface area (TPSA) is 109 Å². The van der Waals surface area contributed by atoms with E-state index in [1.807, 2.05) is 6.20 Å². The lowest BCUT2D eigenvalue weighted by Gasteiger charge is -2.32. The molecule has 2 aliphatic rings. The van der Waals surface area contributed by atoms with Crippen LogP contribution in [0.2, 0.25) is 0 Å². The summed E-state index contributed by atoms with van der Waals surface area (Å²) in [5.41, 5.74) is 2.65. The number of carbonyl (C=O) groups is 2. The second-order valence-electron chi connectivity index (χ2n) is 9.01. The number of nitrogens with one attached hydrogen (secondary N) is 1. The molecule has 1 saturated carbocycles. The Hall–Kier alpha value is -3.69. The van der Waals surface area contributed by atoms with Gasteiger partial charge in [-0.15, -0.1) is 0 Å². The average molecular weight is 468 g/mol. The number of aldehydes is 1. The summed E-state index contributed by atoms with van der Waals surface area (Å²) in [6.07, 6.45) is 6.44. The summed E-state index contributed by atoms with van der Waals surface area (Å²) in [5.74, 6) is 1.48. The fourth-order valence-corrected chi connectivity index (χ4v) is 4.58. The molecule has 2 unspecified atom stereocenters. The van der Waals surface area contributed by atoms with Crippen molar-refractivity contribution in [3.8, 4) is 5.75 Å². The summed E-state index contributed by atoms with van der Waals surface area (Å²) in [6.45, 7) is 2.58. The summed E-state index contributed by atoms with van der Waals surface area (Å²) in [6, 6.07) is 4.30. The quantitative estimate of drug-likeness (QED) is 0.463. The lowest BCUT2D eigenvalue weighted by Crippen LogP contribution is -2.33. The van der Waals surface area contributed by atoms with E-state index >= 15 is 0 Å². The number of anilines is 1. The SMILES string of the molecule is CC(CNC(=O)O)Oc1ccc(F)cc1C(CC1CC1)N1CCc2cn3ncc(C=O)c3nc21. The van der Waals surface area contributed by atoms with Crippen molar-refractivity contribution in [1.82, 2.24) is 19.9 Å². The van der Waals surface area contributed by atoms with Gasteiger partial charge in [0.1, 0.15) is 23.5 Å². The van der Waals surface area contributed by atoms with Crippen molar-refractivity contribution in [1.29, 1.82) is 0 Å². The van der Waals surface area contributed by atoms with Crippen LogP contribution < -0.4 is 15.0 Å². The van der Waals surface area contributed by atoms with Gasteiger partial charge in [0.05, 0.1) is 24.3 Å². The van der Waals surface area contributed by atoms with Crippen LogP contribution in [0.25, 0.3) is 5.65 Å². The molecule has 2 N–H and O–H groups in total. The molecule has 1 aliphatic carbocycles. The van der Waals surface area contributed by atoms with Crippen LogP contribution in [0.5, 0.6) is 5.75 Å².